The fraction of sp³-hybridized carbons (Fsp3) is 0.200. The quantitative estimate of drug-likeness (QED) is 0.108. The predicted molar refractivity (Wildman–Crippen MR) is 333 cm³/mol. The Morgan fingerprint density at radius 1 is 0.506 bits per heavy atom. The zero-order chi connectivity index (χ0) is 54.5. The number of hydrogen-bond acceptors (Lipinski definition) is 4. The van der Waals surface area contributed by atoms with Gasteiger partial charge in [-0.2, -0.15) is 6.07 Å². The first-order chi connectivity index (χ1) is 39.1. The Kier molecular flexibility index (Phi) is 14.9. The van der Waals surface area contributed by atoms with Crippen LogP contribution in [0.15, 0.2) is 212 Å². The second kappa shape index (κ2) is 22.5. The second-order valence-electron chi connectivity index (χ2n) is 22.9. The van der Waals surface area contributed by atoms with Gasteiger partial charge in [0.1, 0.15) is 5.82 Å². The number of fused-ring (bicyclic) bond motifs is 4. The van der Waals surface area contributed by atoms with Crippen LogP contribution < -0.4 is 14.5 Å². The van der Waals surface area contributed by atoms with Gasteiger partial charge in [-0.15, -0.1) is 53.6 Å². The van der Waals surface area contributed by atoms with Crippen LogP contribution in [-0.4, -0.2) is 9.55 Å². The third-order valence-electron chi connectivity index (χ3n) is 16.9. The summed E-state index contributed by atoms with van der Waals surface area (Å²) in [4.78, 5) is 9.82. The Morgan fingerprint density at radius 2 is 1.11 bits per heavy atom. The molecule has 0 unspecified atom stereocenters. The average Bonchev–Trinajstić information content (AvgIpc) is 4.08. The maximum atomic E-state index is 7.25. The molecule has 1 saturated carbocycles. The van der Waals surface area contributed by atoms with Gasteiger partial charge in [-0.05, 0) is 111 Å². The van der Waals surface area contributed by atoms with Gasteiger partial charge in [0, 0.05) is 77.9 Å². The monoisotopic (exact) mass is 1230 g/mol. The minimum Gasteiger partial charge on any atom is -0.509 e. The molecule has 1 aliphatic heterocycles. The Labute approximate surface area is 493 Å². The van der Waals surface area contributed by atoms with E-state index in [2.05, 4.69) is 281 Å². The van der Waals surface area contributed by atoms with Gasteiger partial charge in [0.2, 0.25) is 0 Å². The van der Waals surface area contributed by atoms with E-state index in [1.165, 1.54) is 52.6 Å². The molecule has 11 aromatic rings. The molecule has 13 rings (SSSR count). The number of rotatable bonds is 13. The summed E-state index contributed by atoms with van der Waals surface area (Å²) in [6.45, 7) is 16.1. The predicted octanol–water partition coefficient (Wildman–Crippen LogP) is 20.6. The molecular weight excluding hydrogens is 1170 g/mol. The Morgan fingerprint density at radius 3 is 1.75 bits per heavy atom. The summed E-state index contributed by atoms with van der Waals surface area (Å²) in [7, 11) is 0. The van der Waals surface area contributed by atoms with Gasteiger partial charge >= 0.3 is 0 Å². The number of pyridine rings is 1. The standard InChI is InChI=1S/C75H67N4O.Pt/c1-50(2)55-44-66(51(3)4)73(67(45-55)52(5)6)56-42-59(77-49-78(70-35-20-19-34-69(70)77)74-62(53-24-11-7-12-25-53)31-23-32-63(74)54-26-13-8-14-27-54)47-61(43-56)80-60-36-37-65-64-30-17-18-33-68(64)79(71(65)48-60)72-46-58(38-41-76-72)75(39-21-10-22-40-75)57-28-15-9-16-29-57;/h7-9,11-20,23-38,41-46,49-52H,10,21-22,39-40H2,1-6H3;/q-3;. The first-order valence-electron chi connectivity index (χ1n) is 28.8. The SMILES string of the molecule is CC(C)c1cc(C(C)C)c(-c2cc(Oc3[c-]c4c(cc3)c3ccccc3n4-c3cc(C4(c5ccccc5)CCCCC4)ccn3)[c-]c(N3[CH-]N(c4c(-c5ccccc5)cccc4-c4ccccc4)c4ccccc43)c2)c(C(C)C)c1.[Pt]. The van der Waals surface area contributed by atoms with Crippen molar-refractivity contribution in [1.82, 2.24) is 9.55 Å². The third-order valence-corrected chi connectivity index (χ3v) is 16.9. The van der Waals surface area contributed by atoms with Crippen LogP contribution in [0.2, 0.25) is 0 Å². The third kappa shape index (κ3) is 9.88. The van der Waals surface area contributed by atoms with Crippen LogP contribution in [0.3, 0.4) is 0 Å². The smallest absolute Gasteiger partial charge is 0.135 e. The van der Waals surface area contributed by atoms with E-state index in [4.69, 9.17) is 9.72 Å². The Bertz CT molecular complexity index is 3960. The van der Waals surface area contributed by atoms with Crippen molar-refractivity contribution in [2.75, 3.05) is 9.80 Å². The van der Waals surface area contributed by atoms with Crippen molar-refractivity contribution in [2.45, 2.75) is 96.8 Å². The van der Waals surface area contributed by atoms with Gasteiger partial charge in [-0.25, -0.2) is 4.98 Å². The van der Waals surface area contributed by atoms with Crippen molar-refractivity contribution < 1.29 is 25.8 Å². The van der Waals surface area contributed by atoms with Crippen molar-refractivity contribution >= 4 is 44.6 Å². The number of nitrogens with zero attached hydrogens (tertiary/aromatic N) is 4. The summed E-state index contributed by atoms with van der Waals surface area (Å²) in [6.07, 6.45) is 7.91. The van der Waals surface area contributed by atoms with Gasteiger partial charge in [0.15, 0.2) is 0 Å². The molecule has 406 valence electrons. The minimum absolute atomic E-state index is 0. The molecule has 81 heavy (non-hydrogen) atoms. The number of anilines is 4. The zero-order valence-electron chi connectivity index (χ0n) is 47.1. The Balaban J connectivity index is 0.00000651. The van der Waals surface area contributed by atoms with Crippen molar-refractivity contribution in [3.05, 3.63) is 259 Å². The van der Waals surface area contributed by atoms with E-state index in [1.807, 2.05) is 6.20 Å². The van der Waals surface area contributed by atoms with Crippen LogP contribution in [-0.2, 0) is 26.5 Å². The van der Waals surface area contributed by atoms with E-state index in [0.29, 0.717) is 17.4 Å². The zero-order valence-corrected chi connectivity index (χ0v) is 49.3. The summed E-state index contributed by atoms with van der Waals surface area (Å²) in [5.74, 6) is 3.01. The van der Waals surface area contributed by atoms with E-state index in [0.717, 1.165) is 91.0 Å². The maximum absolute atomic E-state index is 7.25. The molecule has 9 aromatic carbocycles. The molecule has 0 N–H and O–H groups in total. The number of benzene rings is 9. The van der Waals surface area contributed by atoms with Crippen molar-refractivity contribution in [3.8, 4) is 50.7 Å². The number of para-hydroxylation sites is 4. The molecule has 0 radical (unpaired) electrons. The number of aromatic nitrogens is 2. The van der Waals surface area contributed by atoms with Gasteiger partial charge in [0.05, 0.1) is 0 Å². The molecular formula is C75H67N4OPt-3. The number of hydrogen-bond donors (Lipinski definition) is 0. The molecule has 0 spiro atoms. The molecule has 0 saturated heterocycles. The van der Waals surface area contributed by atoms with E-state index in [1.54, 1.807) is 0 Å². The van der Waals surface area contributed by atoms with Crippen LogP contribution in [0.4, 0.5) is 22.7 Å². The van der Waals surface area contributed by atoms with Crippen LogP contribution in [0.5, 0.6) is 11.5 Å². The molecule has 1 fully saturated rings. The number of ether oxygens (including phenoxy) is 1. The summed E-state index contributed by atoms with van der Waals surface area (Å²) < 4.78 is 9.53. The van der Waals surface area contributed by atoms with E-state index < -0.39 is 0 Å². The van der Waals surface area contributed by atoms with Gasteiger partial charge in [-0.1, -0.05) is 218 Å². The topological polar surface area (TPSA) is 33.5 Å². The molecule has 3 heterocycles. The molecule has 6 heteroatoms. The van der Waals surface area contributed by atoms with Crippen LogP contribution >= 0.6 is 0 Å². The molecule has 2 aliphatic rings. The van der Waals surface area contributed by atoms with E-state index in [-0.39, 0.29) is 38.3 Å². The minimum atomic E-state index is -0.0771. The van der Waals surface area contributed by atoms with Crippen LogP contribution in [0.1, 0.15) is 119 Å². The molecule has 2 aromatic heterocycles. The first-order valence-corrected chi connectivity index (χ1v) is 28.8. The fourth-order valence-corrected chi connectivity index (χ4v) is 12.9. The van der Waals surface area contributed by atoms with Crippen molar-refractivity contribution in [3.63, 3.8) is 0 Å². The summed E-state index contributed by atoms with van der Waals surface area (Å²) in [5.41, 5.74) is 19.6. The Hall–Kier alpha value is -7.98. The van der Waals surface area contributed by atoms with Gasteiger partial charge in [0.25, 0.3) is 0 Å². The molecule has 0 amide bonds. The fourth-order valence-electron chi connectivity index (χ4n) is 12.9. The summed E-state index contributed by atoms with van der Waals surface area (Å²) in [5, 5.41) is 2.24. The van der Waals surface area contributed by atoms with E-state index >= 15 is 0 Å². The van der Waals surface area contributed by atoms with Crippen molar-refractivity contribution in [2.24, 2.45) is 0 Å². The van der Waals surface area contributed by atoms with E-state index in [9.17, 15) is 0 Å². The van der Waals surface area contributed by atoms with Gasteiger partial charge in [-0.3, -0.25) is 0 Å². The largest absolute Gasteiger partial charge is 0.509 e. The summed E-state index contributed by atoms with van der Waals surface area (Å²) in [6, 6.07) is 82.6. The van der Waals surface area contributed by atoms with Crippen LogP contribution in [0.25, 0.3) is 61.0 Å². The van der Waals surface area contributed by atoms with Gasteiger partial charge < -0.3 is 19.1 Å². The molecule has 5 nitrogen and oxygen atoms in total. The van der Waals surface area contributed by atoms with Crippen LogP contribution in [0, 0.1) is 18.8 Å². The maximum Gasteiger partial charge on any atom is 0.135 e. The molecule has 0 bridgehead atoms. The normalized spacial score (nSPS) is 14.0. The summed E-state index contributed by atoms with van der Waals surface area (Å²) >= 11 is 0. The molecule has 0 atom stereocenters. The first kappa shape index (κ1) is 53.7. The average molecular weight is 1240 g/mol. The van der Waals surface area contributed by atoms with Crippen molar-refractivity contribution in [1.29, 1.82) is 0 Å². The molecule has 1 aliphatic carbocycles. The second-order valence-corrected chi connectivity index (χ2v) is 22.9.